The number of carbonyl (C=O) groups is 2. The fourth-order valence-electron chi connectivity index (χ4n) is 10.7. The van der Waals surface area contributed by atoms with Gasteiger partial charge in [0, 0.05) is 38.1 Å². The highest BCUT2D eigenvalue weighted by Crippen LogP contribution is 2.66. The Bertz CT molecular complexity index is 915. The van der Waals surface area contributed by atoms with Crippen molar-refractivity contribution in [1.82, 2.24) is 15.1 Å². The molecule has 1 aliphatic heterocycles. The van der Waals surface area contributed by atoms with Gasteiger partial charge in [-0.25, -0.2) is 0 Å². The average molecular weight is 544 g/mol. The Hall–Kier alpha value is -1.18. The number of fused-ring (bicyclic) bond motifs is 5. The number of amides is 2. The van der Waals surface area contributed by atoms with Gasteiger partial charge in [0.05, 0.1) is 18.8 Å². The quantitative estimate of drug-likeness (QED) is 0.504. The van der Waals surface area contributed by atoms with Gasteiger partial charge in [0.25, 0.3) is 0 Å². The lowest BCUT2D eigenvalue weighted by atomic mass is 9.44. The van der Waals surface area contributed by atoms with E-state index >= 15 is 0 Å². The lowest BCUT2D eigenvalue weighted by molar-refractivity contribution is -0.156. The van der Waals surface area contributed by atoms with Crippen LogP contribution in [0.4, 0.5) is 0 Å². The normalized spacial score (nSPS) is 45.2. The van der Waals surface area contributed by atoms with Crippen LogP contribution in [-0.4, -0.2) is 82.8 Å². The number of hydrogen-bond donors (Lipinski definition) is 3. The van der Waals surface area contributed by atoms with Crippen LogP contribution in [0.3, 0.4) is 0 Å². The number of rotatable bonds is 4. The molecule has 9 atom stereocenters. The average Bonchev–Trinajstić information content (AvgIpc) is 3.26. The summed E-state index contributed by atoms with van der Waals surface area (Å²) in [6.07, 6.45) is 13.9. The number of carbonyl (C=O) groups excluding carboxylic acids is 2. The molecule has 5 aliphatic carbocycles. The number of aliphatic hydroxyl groups is 2. The van der Waals surface area contributed by atoms with E-state index in [0.29, 0.717) is 30.8 Å². The molecular weight excluding hydrogens is 490 g/mol. The van der Waals surface area contributed by atoms with E-state index in [1.165, 1.54) is 32.1 Å². The van der Waals surface area contributed by atoms with Gasteiger partial charge in [0.1, 0.15) is 0 Å². The van der Waals surface area contributed by atoms with Crippen molar-refractivity contribution in [1.29, 1.82) is 0 Å². The highest BCUT2D eigenvalue weighted by Gasteiger charge is 2.61. The second-order valence-corrected chi connectivity index (χ2v) is 14.8. The second-order valence-electron chi connectivity index (χ2n) is 14.8. The molecule has 0 bridgehead atoms. The van der Waals surface area contributed by atoms with Crippen molar-refractivity contribution in [2.24, 2.45) is 40.4 Å². The molecule has 2 amide bonds. The second kappa shape index (κ2) is 10.9. The van der Waals surface area contributed by atoms with Gasteiger partial charge in [0.15, 0.2) is 0 Å². The molecule has 0 spiro atoms. The van der Waals surface area contributed by atoms with E-state index in [1.807, 2.05) is 4.90 Å². The van der Waals surface area contributed by atoms with Crippen LogP contribution < -0.4 is 5.32 Å². The first kappa shape index (κ1) is 28.0. The van der Waals surface area contributed by atoms with Crippen molar-refractivity contribution < 1.29 is 19.8 Å². The predicted octanol–water partition coefficient (Wildman–Crippen LogP) is 3.57. The summed E-state index contributed by atoms with van der Waals surface area (Å²) in [5.41, 5.74) is 0.356. The zero-order chi connectivity index (χ0) is 27.4. The van der Waals surface area contributed by atoms with E-state index in [4.69, 9.17) is 0 Å². The molecule has 6 aliphatic rings. The van der Waals surface area contributed by atoms with Crippen LogP contribution in [0.15, 0.2) is 0 Å². The molecular formula is C32H53N3O4. The van der Waals surface area contributed by atoms with Crippen LogP contribution in [0.25, 0.3) is 0 Å². The summed E-state index contributed by atoms with van der Waals surface area (Å²) in [4.78, 5) is 29.8. The molecule has 0 aromatic heterocycles. The summed E-state index contributed by atoms with van der Waals surface area (Å²) in [7, 11) is 0. The van der Waals surface area contributed by atoms with E-state index < -0.39 is 0 Å². The number of nitrogens with zero attached hydrogens (tertiary/aromatic N) is 2. The zero-order valence-electron chi connectivity index (χ0n) is 24.5. The zero-order valence-corrected chi connectivity index (χ0v) is 24.5. The summed E-state index contributed by atoms with van der Waals surface area (Å²) >= 11 is 0. The van der Waals surface area contributed by atoms with E-state index in [1.54, 1.807) is 0 Å². The summed E-state index contributed by atoms with van der Waals surface area (Å²) in [6.45, 7) is 7.94. The highest BCUT2D eigenvalue weighted by atomic mass is 16.3. The topological polar surface area (TPSA) is 93.1 Å². The minimum Gasteiger partial charge on any atom is -0.393 e. The monoisotopic (exact) mass is 543 g/mol. The van der Waals surface area contributed by atoms with E-state index in [9.17, 15) is 19.8 Å². The fraction of sp³-hybridized carbons (Fsp3) is 0.938. The van der Waals surface area contributed by atoms with Crippen LogP contribution in [0.1, 0.15) is 97.3 Å². The first-order chi connectivity index (χ1) is 18.7. The Morgan fingerprint density at radius 3 is 2.31 bits per heavy atom. The third kappa shape index (κ3) is 4.97. The molecule has 39 heavy (non-hydrogen) atoms. The molecule has 0 radical (unpaired) electrons. The third-order valence-corrected chi connectivity index (χ3v) is 13.2. The van der Waals surface area contributed by atoms with Gasteiger partial charge < -0.3 is 20.4 Å². The largest absolute Gasteiger partial charge is 0.393 e. The molecule has 1 saturated heterocycles. The van der Waals surface area contributed by atoms with Crippen LogP contribution >= 0.6 is 0 Å². The van der Waals surface area contributed by atoms with E-state index in [-0.39, 0.29) is 53.4 Å². The third-order valence-electron chi connectivity index (χ3n) is 13.2. The van der Waals surface area contributed by atoms with Crippen LogP contribution in [-0.2, 0) is 9.59 Å². The SMILES string of the molecule is C[C@]12C[C@H](N3CCN(C(=O)CNC(=O)C4CCCCC4)CC3)[C@@H](O)C[C@@H]1CC[C@@H]1[C@@H]2CC[C@]2(C)[C@@H](O)CC[C@@H]12. The smallest absolute Gasteiger partial charge is 0.242 e. The number of piperazine rings is 1. The first-order valence-electron chi connectivity index (χ1n) is 16.4. The molecule has 3 N–H and O–H groups in total. The molecule has 5 saturated carbocycles. The summed E-state index contributed by atoms with van der Waals surface area (Å²) < 4.78 is 0. The Balaban J connectivity index is 1.05. The van der Waals surface area contributed by atoms with Crippen molar-refractivity contribution in [3.8, 4) is 0 Å². The molecule has 6 fully saturated rings. The molecule has 7 heteroatoms. The Morgan fingerprint density at radius 2 is 1.56 bits per heavy atom. The Kier molecular flexibility index (Phi) is 7.82. The van der Waals surface area contributed by atoms with Crippen molar-refractivity contribution >= 4 is 11.8 Å². The molecule has 220 valence electrons. The highest BCUT2D eigenvalue weighted by molar-refractivity contribution is 5.85. The minimum absolute atomic E-state index is 0.0224. The predicted molar refractivity (Wildman–Crippen MR) is 151 cm³/mol. The summed E-state index contributed by atoms with van der Waals surface area (Å²) in [5.74, 6) is 2.82. The van der Waals surface area contributed by atoms with Crippen molar-refractivity contribution in [2.45, 2.75) is 116 Å². The van der Waals surface area contributed by atoms with Gasteiger partial charge in [-0.1, -0.05) is 33.1 Å². The lowest BCUT2D eigenvalue weighted by Gasteiger charge is -2.62. The Labute approximate surface area is 235 Å². The molecule has 0 aromatic carbocycles. The minimum atomic E-state index is -0.293. The summed E-state index contributed by atoms with van der Waals surface area (Å²) in [5, 5.41) is 25.1. The molecule has 1 heterocycles. The number of aliphatic hydroxyl groups excluding tert-OH is 2. The van der Waals surface area contributed by atoms with Crippen molar-refractivity contribution in [2.75, 3.05) is 32.7 Å². The number of hydrogen-bond acceptors (Lipinski definition) is 5. The Morgan fingerprint density at radius 1 is 0.846 bits per heavy atom. The fourth-order valence-corrected chi connectivity index (χ4v) is 10.7. The maximum absolute atomic E-state index is 12.9. The van der Waals surface area contributed by atoms with Crippen LogP contribution in [0, 0.1) is 40.4 Å². The van der Waals surface area contributed by atoms with Gasteiger partial charge in [-0.15, -0.1) is 0 Å². The van der Waals surface area contributed by atoms with Crippen LogP contribution in [0.5, 0.6) is 0 Å². The molecule has 7 nitrogen and oxygen atoms in total. The van der Waals surface area contributed by atoms with Crippen molar-refractivity contribution in [3.05, 3.63) is 0 Å². The maximum atomic E-state index is 12.9. The van der Waals surface area contributed by atoms with E-state index in [0.717, 1.165) is 70.4 Å². The van der Waals surface area contributed by atoms with Crippen molar-refractivity contribution in [3.63, 3.8) is 0 Å². The van der Waals surface area contributed by atoms with Gasteiger partial charge in [-0.3, -0.25) is 14.5 Å². The van der Waals surface area contributed by atoms with Gasteiger partial charge in [-0.05, 0) is 98.7 Å². The van der Waals surface area contributed by atoms with Gasteiger partial charge in [0.2, 0.25) is 11.8 Å². The molecule has 0 aromatic rings. The van der Waals surface area contributed by atoms with Gasteiger partial charge >= 0.3 is 0 Å². The summed E-state index contributed by atoms with van der Waals surface area (Å²) in [6, 6.07) is 0.163. The van der Waals surface area contributed by atoms with Crippen LogP contribution in [0.2, 0.25) is 0 Å². The number of nitrogens with one attached hydrogen (secondary N) is 1. The molecule has 6 rings (SSSR count). The lowest BCUT2D eigenvalue weighted by Crippen LogP contribution is -2.62. The van der Waals surface area contributed by atoms with E-state index in [2.05, 4.69) is 24.1 Å². The molecule has 0 unspecified atom stereocenters. The van der Waals surface area contributed by atoms with Gasteiger partial charge in [-0.2, -0.15) is 0 Å². The standard InChI is InChI=1S/C32H53N3O4/c1-31-13-12-25-23(24(31)10-11-28(31)37)9-8-22-18-27(36)26(19-32(22,25)2)34-14-16-35(17-15-34)29(38)20-33-30(39)21-6-4-3-5-7-21/h21-28,36-37H,3-20H2,1-2H3,(H,33,39)/t22-,23-,24-,25-,26-,27-,28-,31-,32-/m0/s1. The first-order valence-corrected chi connectivity index (χ1v) is 16.4. The maximum Gasteiger partial charge on any atom is 0.242 e.